The number of nitrogens with one attached hydrogen (secondary N) is 2. The van der Waals surface area contributed by atoms with Crippen LogP contribution in [0.4, 0.5) is 4.79 Å². The third-order valence-corrected chi connectivity index (χ3v) is 5.49. The van der Waals surface area contributed by atoms with Gasteiger partial charge < -0.3 is 24.8 Å². The van der Waals surface area contributed by atoms with Gasteiger partial charge in [0, 0.05) is 24.7 Å². The number of hydrogen-bond acceptors (Lipinski definition) is 5. The summed E-state index contributed by atoms with van der Waals surface area (Å²) in [7, 11) is 0. The first-order valence-electron chi connectivity index (χ1n) is 10.7. The lowest BCUT2D eigenvalue weighted by molar-refractivity contribution is 0.198. The monoisotopic (exact) mass is 411 g/mol. The van der Waals surface area contributed by atoms with Gasteiger partial charge in [0.15, 0.2) is 11.5 Å². The van der Waals surface area contributed by atoms with Gasteiger partial charge in [0.1, 0.15) is 6.10 Å². The van der Waals surface area contributed by atoms with Crippen LogP contribution in [-0.2, 0) is 6.54 Å². The molecule has 2 amide bonds. The summed E-state index contributed by atoms with van der Waals surface area (Å²) >= 11 is 0. The first-order valence-corrected chi connectivity index (χ1v) is 10.7. The Bertz CT molecular complexity index is 867. The molecule has 1 aromatic heterocycles. The van der Waals surface area contributed by atoms with Crippen molar-refractivity contribution in [3.05, 3.63) is 47.7 Å². The molecule has 2 aromatic rings. The van der Waals surface area contributed by atoms with Crippen LogP contribution in [0.3, 0.4) is 0 Å². The van der Waals surface area contributed by atoms with Gasteiger partial charge in [-0.1, -0.05) is 12.1 Å². The minimum absolute atomic E-state index is 0.176. The Morgan fingerprint density at radius 3 is 2.80 bits per heavy atom. The van der Waals surface area contributed by atoms with Gasteiger partial charge in [0.25, 0.3) is 0 Å². The van der Waals surface area contributed by atoms with E-state index in [1.807, 2.05) is 37.3 Å². The Balaban J connectivity index is 1.32. The molecular weight excluding hydrogens is 382 g/mol. The highest BCUT2D eigenvalue weighted by Gasteiger charge is 2.19. The van der Waals surface area contributed by atoms with Crippen molar-refractivity contribution in [3.63, 3.8) is 0 Å². The van der Waals surface area contributed by atoms with E-state index in [1.165, 1.54) is 12.8 Å². The predicted molar refractivity (Wildman–Crippen MR) is 113 cm³/mol. The van der Waals surface area contributed by atoms with Gasteiger partial charge in [0.2, 0.25) is 5.88 Å². The number of rotatable bonds is 6. The van der Waals surface area contributed by atoms with Gasteiger partial charge in [-0.3, -0.25) is 0 Å². The Hall–Kier alpha value is -2.96. The summed E-state index contributed by atoms with van der Waals surface area (Å²) in [5.74, 6) is 2.09. The van der Waals surface area contributed by atoms with Crippen LogP contribution < -0.4 is 24.8 Å². The second kappa shape index (κ2) is 9.69. The van der Waals surface area contributed by atoms with Gasteiger partial charge in [0.05, 0.1) is 19.3 Å². The van der Waals surface area contributed by atoms with Crippen molar-refractivity contribution in [2.45, 2.75) is 57.7 Å². The maximum atomic E-state index is 12.5. The minimum atomic E-state index is -0.245. The molecule has 0 bridgehead atoms. The van der Waals surface area contributed by atoms with Crippen LogP contribution in [0, 0.1) is 0 Å². The van der Waals surface area contributed by atoms with E-state index in [1.54, 1.807) is 6.20 Å². The highest BCUT2D eigenvalue weighted by atomic mass is 16.5. The number of pyridine rings is 1. The maximum Gasteiger partial charge on any atom is 0.315 e. The summed E-state index contributed by atoms with van der Waals surface area (Å²) in [5, 5.41) is 5.89. The fraction of sp³-hybridized carbons (Fsp3) is 0.478. The van der Waals surface area contributed by atoms with E-state index in [0.29, 0.717) is 25.6 Å². The largest absolute Gasteiger partial charge is 0.490 e. The van der Waals surface area contributed by atoms with E-state index < -0.39 is 0 Å². The van der Waals surface area contributed by atoms with Crippen molar-refractivity contribution in [2.24, 2.45) is 0 Å². The van der Waals surface area contributed by atoms with E-state index in [9.17, 15) is 4.79 Å². The molecule has 4 rings (SSSR count). The zero-order chi connectivity index (χ0) is 20.8. The second-order valence-electron chi connectivity index (χ2n) is 7.80. The topological polar surface area (TPSA) is 81.7 Å². The van der Waals surface area contributed by atoms with E-state index in [2.05, 4.69) is 15.6 Å². The zero-order valence-electron chi connectivity index (χ0n) is 17.4. The Morgan fingerprint density at radius 2 is 1.97 bits per heavy atom. The van der Waals surface area contributed by atoms with E-state index in [0.717, 1.165) is 41.9 Å². The smallest absolute Gasteiger partial charge is 0.315 e. The normalized spacial score (nSPS) is 17.1. The van der Waals surface area contributed by atoms with Crippen molar-refractivity contribution in [1.82, 2.24) is 15.6 Å². The van der Waals surface area contributed by atoms with Crippen molar-refractivity contribution < 1.29 is 19.0 Å². The molecule has 0 saturated heterocycles. The summed E-state index contributed by atoms with van der Waals surface area (Å²) in [6.45, 7) is 3.59. The van der Waals surface area contributed by atoms with Gasteiger partial charge in [-0.2, -0.15) is 0 Å². The lowest BCUT2D eigenvalue weighted by atomic mass is 10.1. The molecular formula is C23H29N3O4. The molecule has 7 heteroatoms. The van der Waals surface area contributed by atoms with Crippen molar-refractivity contribution in [1.29, 1.82) is 0 Å². The minimum Gasteiger partial charge on any atom is -0.490 e. The van der Waals surface area contributed by atoms with Crippen molar-refractivity contribution in [2.75, 3.05) is 13.2 Å². The number of carbonyl (C=O) groups is 1. The highest BCUT2D eigenvalue weighted by molar-refractivity contribution is 5.74. The van der Waals surface area contributed by atoms with Crippen molar-refractivity contribution in [3.8, 4) is 17.4 Å². The molecule has 160 valence electrons. The third kappa shape index (κ3) is 5.14. The highest BCUT2D eigenvalue weighted by Crippen LogP contribution is 2.32. The van der Waals surface area contributed by atoms with Gasteiger partial charge >= 0.3 is 6.03 Å². The second-order valence-corrected chi connectivity index (χ2v) is 7.80. The van der Waals surface area contributed by atoms with Crippen LogP contribution in [0.5, 0.6) is 17.4 Å². The first kappa shape index (κ1) is 20.3. The van der Waals surface area contributed by atoms with Gasteiger partial charge in [-0.05, 0) is 56.4 Å². The number of aromatic nitrogens is 1. The lowest BCUT2D eigenvalue weighted by Crippen LogP contribution is -2.36. The number of benzene rings is 1. The molecule has 1 aliphatic carbocycles. The van der Waals surface area contributed by atoms with E-state index >= 15 is 0 Å². The molecule has 0 spiro atoms. The van der Waals surface area contributed by atoms with Crippen LogP contribution in [0.2, 0.25) is 0 Å². The maximum absolute atomic E-state index is 12.5. The quantitative estimate of drug-likeness (QED) is 0.747. The number of nitrogens with zero attached hydrogens (tertiary/aromatic N) is 1. The van der Waals surface area contributed by atoms with Gasteiger partial charge in [-0.25, -0.2) is 9.78 Å². The Morgan fingerprint density at radius 1 is 1.17 bits per heavy atom. The number of amides is 2. The average Bonchev–Trinajstić information content (AvgIpc) is 3.15. The van der Waals surface area contributed by atoms with Crippen LogP contribution >= 0.6 is 0 Å². The molecule has 1 aromatic carbocycles. The lowest BCUT2D eigenvalue weighted by Gasteiger charge is -2.18. The number of carbonyl (C=O) groups excluding carboxylic acids is 1. The molecule has 0 radical (unpaired) electrons. The molecule has 2 N–H and O–H groups in total. The third-order valence-electron chi connectivity index (χ3n) is 5.49. The fourth-order valence-corrected chi connectivity index (χ4v) is 3.78. The SMILES string of the molecule is CC(NC(=O)NCc1cccnc1OC1CCCC1)c1ccc2c(c1)OCCCO2. The average molecular weight is 412 g/mol. The summed E-state index contributed by atoms with van der Waals surface area (Å²) < 4.78 is 17.5. The summed E-state index contributed by atoms with van der Waals surface area (Å²) in [6.07, 6.45) is 7.35. The molecule has 1 saturated carbocycles. The summed E-state index contributed by atoms with van der Waals surface area (Å²) in [4.78, 5) is 16.8. The molecule has 1 fully saturated rings. The summed E-state index contributed by atoms with van der Waals surface area (Å²) in [5.41, 5.74) is 1.84. The van der Waals surface area contributed by atoms with Crippen molar-refractivity contribution >= 4 is 6.03 Å². The zero-order valence-corrected chi connectivity index (χ0v) is 17.4. The van der Waals surface area contributed by atoms with Crippen LogP contribution in [0.15, 0.2) is 36.5 Å². The van der Waals surface area contributed by atoms with Crippen LogP contribution in [0.1, 0.15) is 56.2 Å². The Labute approximate surface area is 177 Å². The predicted octanol–water partition coefficient (Wildman–Crippen LogP) is 4.12. The summed E-state index contributed by atoms with van der Waals surface area (Å²) in [6, 6.07) is 9.15. The Kier molecular flexibility index (Phi) is 6.57. The molecule has 2 aliphatic rings. The molecule has 1 aliphatic heterocycles. The van der Waals surface area contributed by atoms with Crippen LogP contribution in [0.25, 0.3) is 0 Å². The molecule has 7 nitrogen and oxygen atoms in total. The molecule has 30 heavy (non-hydrogen) atoms. The standard InChI is InChI=1S/C23H29N3O4/c1-16(17-9-10-20-21(14-17)29-13-5-12-28-20)26-23(27)25-15-18-6-4-11-24-22(18)30-19-7-2-3-8-19/h4,6,9-11,14,16,19H,2-3,5,7-8,12-13,15H2,1H3,(H2,25,26,27). The number of fused-ring (bicyclic) bond motifs is 1. The van der Waals surface area contributed by atoms with Gasteiger partial charge in [-0.15, -0.1) is 0 Å². The molecule has 1 unspecified atom stereocenters. The van der Waals surface area contributed by atoms with E-state index in [4.69, 9.17) is 14.2 Å². The number of hydrogen-bond donors (Lipinski definition) is 2. The number of ether oxygens (including phenoxy) is 3. The molecule has 1 atom stereocenters. The van der Waals surface area contributed by atoms with E-state index in [-0.39, 0.29) is 18.2 Å². The molecule has 2 heterocycles. The fourth-order valence-electron chi connectivity index (χ4n) is 3.78. The van der Waals surface area contributed by atoms with Crippen LogP contribution in [-0.4, -0.2) is 30.3 Å². The number of urea groups is 1. The first-order chi connectivity index (χ1) is 14.7.